The van der Waals surface area contributed by atoms with E-state index in [9.17, 15) is 4.79 Å². The lowest BCUT2D eigenvalue weighted by atomic mass is 9.93. The highest BCUT2D eigenvalue weighted by molar-refractivity contribution is 5.33. The normalized spacial score (nSPS) is 17.3. The van der Waals surface area contributed by atoms with Crippen molar-refractivity contribution < 1.29 is 4.74 Å². The molecule has 1 fully saturated rings. The van der Waals surface area contributed by atoms with Crippen LogP contribution in [0.1, 0.15) is 30.0 Å². The second-order valence-electron chi connectivity index (χ2n) is 3.53. The molecule has 0 atom stereocenters. The minimum Gasteiger partial charge on any atom is -0.381 e. The van der Waals surface area contributed by atoms with Crippen LogP contribution in [-0.4, -0.2) is 23.4 Å². The number of rotatable bonds is 1. The largest absolute Gasteiger partial charge is 0.381 e. The molecule has 1 aromatic rings. The third kappa shape index (κ3) is 2.05. The smallest absolute Gasteiger partial charge is 0.265 e. The van der Waals surface area contributed by atoms with Crippen molar-refractivity contribution in [3.63, 3.8) is 0 Å². The van der Waals surface area contributed by atoms with Gasteiger partial charge in [-0.25, -0.2) is 5.10 Å². The van der Waals surface area contributed by atoms with E-state index in [1.165, 1.54) is 6.07 Å². The van der Waals surface area contributed by atoms with Gasteiger partial charge < -0.3 is 4.74 Å². The van der Waals surface area contributed by atoms with Crippen molar-refractivity contribution in [1.29, 1.82) is 5.26 Å². The third-order valence-electron chi connectivity index (χ3n) is 2.57. The fraction of sp³-hybridized carbons (Fsp3) is 0.500. The number of aromatic nitrogens is 2. The molecule has 0 saturated carbocycles. The Balaban J connectivity index is 2.34. The number of ether oxygens (including phenoxy) is 1. The van der Waals surface area contributed by atoms with E-state index in [-0.39, 0.29) is 11.5 Å². The molecule has 1 saturated heterocycles. The Labute approximate surface area is 86.7 Å². The number of nitrogens with one attached hydrogen (secondary N) is 1. The summed E-state index contributed by atoms with van der Waals surface area (Å²) in [4.78, 5) is 11.0. The van der Waals surface area contributed by atoms with Crippen LogP contribution in [0.15, 0.2) is 10.9 Å². The lowest BCUT2D eigenvalue weighted by Gasteiger charge is -2.21. The van der Waals surface area contributed by atoms with Crippen molar-refractivity contribution in [2.45, 2.75) is 18.8 Å². The first-order valence-electron chi connectivity index (χ1n) is 4.88. The van der Waals surface area contributed by atoms with E-state index in [1.807, 2.05) is 6.07 Å². The van der Waals surface area contributed by atoms with Crippen LogP contribution in [-0.2, 0) is 4.74 Å². The first-order valence-corrected chi connectivity index (χ1v) is 4.88. The van der Waals surface area contributed by atoms with E-state index in [1.54, 1.807) is 0 Å². The SMILES string of the molecule is N#Cc1cc(=O)[nH]nc1C1CCOCC1. The molecule has 1 aliphatic heterocycles. The second-order valence-corrected chi connectivity index (χ2v) is 3.53. The zero-order valence-electron chi connectivity index (χ0n) is 8.19. The Morgan fingerprint density at radius 2 is 2.27 bits per heavy atom. The van der Waals surface area contributed by atoms with E-state index >= 15 is 0 Å². The Morgan fingerprint density at radius 1 is 1.53 bits per heavy atom. The Kier molecular flexibility index (Phi) is 2.79. The van der Waals surface area contributed by atoms with E-state index in [4.69, 9.17) is 10.00 Å². The van der Waals surface area contributed by atoms with Gasteiger partial charge in [-0.15, -0.1) is 0 Å². The van der Waals surface area contributed by atoms with Gasteiger partial charge in [0.15, 0.2) is 0 Å². The molecule has 0 aliphatic carbocycles. The van der Waals surface area contributed by atoms with Crippen molar-refractivity contribution in [1.82, 2.24) is 10.2 Å². The van der Waals surface area contributed by atoms with Gasteiger partial charge in [0, 0.05) is 25.2 Å². The molecule has 0 aromatic carbocycles. The molecule has 2 rings (SSSR count). The molecule has 0 spiro atoms. The molecule has 0 radical (unpaired) electrons. The quantitative estimate of drug-likeness (QED) is 0.725. The summed E-state index contributed by atoms with van der Waals surface area (Å²) in [6.07, 6.45) is 1.71. The lowest BCUT2D eigenvalue weighted by molar-refractivity contribution is 0.0842. The van der Waals surface area contributed by atoms with Crippen molar-refractivity contribution >= 4 is 0 Å². The van der Waals surface area contributed by atoms with Crippen LogP contribution in [0, 0.1) is 11.3 Å². The van der Waals surface area contributed by atoms with Gasteiger partial charge in [-0.3, -0.25) is 4.79 Å². The van der Waals surface area contributed by atoms with E-state index in [0.29, 0.717) is 24.5 Å². The predicted molar refractivity (Wildman–Crippen MR) is 52.4 cm³/mol. The molecular formula is C10H11N3O2. The van der Waals surface area contributed by atoms with Gasteiger partial charge in [-0.2, -0.15) is 10.4 Å². The van der Waals surface area contributed by atoms with Gasteiger partial charge >= 0.3 is 0 Å². The van der Waals surface area contributed by atoms with Crippen LogP contribution in [0.3, 0.4) is 0 Å². The molecule has 78 valence electrons. The highest BCUT2D eigenvalue weighted by Crippen LogP contribution is 2.26. The summed E-state index contributed by atoms with van der Waals surface area (Å²) in [5.74, 6) is 0.227. The summed E-state index contributed by atoms with van der Waals surface area (Å²) < 4.78 is 5.24. The van der Waals surface area contributed by atoms with Crippen LogP contribution < -0.4 is 5.56 Å². The third-order valence-corrected chi connectivity index (χ3v) is 2.57. The van der Waals surface area contributed by atoms with Gasteiger partial charge in [0.25, 0.3) is 5.56 Å². The maximum Gasteiger partial charge on any atom is 0.265 e. The molecule has 0 bridgehead atoms. The van der Waals surface area contributed by atoms with Crippen LogP contribution in [0.25, 0.3) is 0 Å². The average Bonchev–Trinajstić information content (AvgIpc) is 2.30. The fourth-order valence-corrected chi connectivity index (χ4v) is 1.78. The summed E-state index contributed by atoms with van der Waals surface area (Å²) in [7, 11) is 0. The minimum atomic E-state index is -0.331. The summed E-state index contributed by atoms with van der Waals surface area (Å²) in [5.41, 5.74) is 0.744. The number of nitriles is 1. The molecule has 2 heterocycles. The molecule has 5 nitrogen and oxygen atoms in total. The van der Waals surface area contributed by atoms with Crippen molar-refractivity contribution in [3.8, 4) is 6.07 Å². The molecule has 15 heavy (non-hydrogen) atoms. The summed E-state index contributed by atoms with van der Waals surface area (Å²) >= 11 is 0. The number of hydrogen-bond donors (Lipinski definition) is 1. The van der Waals surface area contributed by atoms with Crippen molar-refractivity contribution in [2.24, 2.45) is 0 Å². The van der Waals surface area contributed by atoms with Gasteiger partial charge in [-0.1, -0.05) is 0 Å². The lowest BCUT2D eigenvalue weighted by Crippen LogP contribution is -2.19. The highest BCUT2D eigenvalue weighted by atomic mass is 16.5. The highest BCUT2D eigenvalue weighted by Gasteiger charge is 2.20. The van der Waals surface area contributed by atoms with Crippen LogP contribution in [0.2, 0.25) is 0 Å². The standard InChI is InChI=1S/C10H11N3O2/c11-6-8-5-9(14)12-13-10(8)7-1-3-15-4-2-7/h5,7H,1-4H2,(H,12,14). The zero-order valence-corrected chi connectivity index (χ0v) is 8.19. The Morgan fingerprint density at radius 3 is 2.93 bits per heavy atom. The first-order chi connectivity index (χ1) is 7.31. The van der Waals surface area contributed by atoms with Gasteiger partial charge in [0.2, 0.25) is 0 Å². The summed E-state index contributed by atoms with van der Waals surface area (Å²) in [6.45, 7) is 1.38. The molecular weight excluding hydrogens is 194 g/mol. The maximum atomic E-state index is 11.0. The molecule has 0 amide bonds. The van der Waals surface area contributed by atoms with E-state index in [0.717, 1.165) is 12.8 Å². The Bertz CT molecular complexity index is 441. The Hall–Kier alpha value is -1.67. The molecule has 0 unspecified atom stereocenters. The predicted octanol–water partition coefficient (Wildman–Crippen LogP) is 0.536. The minimum absolute atomic E-state index is 0.227. The molecule has 1 N–H and O–H groups in total. The fourth-order valence-electron chi connectivity index (χ4n) is 1.78. The van der Waals surface area contributed by atoms with Crippen LogP contribution in [0.4, 0.5) is 0 Å². The number of nitrogens with zero attached hydrogens (tertiary/aromatic N) is 2. The van der Waals surface area contributed by atoms with Crippen LogP contribution >= 0.6 is 0 Å². The van der Waals surface area contributed by atoms with Gasteiger partial charge in [0.05, 0.1) is 11.3 Å². The average molecular weight is 205 g/mol. The summed E-state index contributed by atoms with van der Waals surface area (Å²) in [5, 5.41) is 15.2. The topological polar surface area (TPSA) is 78.8 Å². The molecule has 1 aliphatic rings. The first kappa shape index (κ1) is 9.87. The van der Waals surface area contributed by atoms with Crippen molar-refractivity contribution in [3.05, 3.63) is 27.7 Å². The van der Waals surface area contributed by atoms with Gasteiger partial charge in [-0.05, 0) is 12.8 Å². The monoisotopic (exact) mass is 205 g/mol. The number of aromatic amines is 1. The van der Waals surface area contributed by atoms with Crippen LogP contribution in [0.5, 0.6) is 0 Å². The van der Waals surface area contributed by atoms with E-state index < -0.39 is 0 Å². The number of hydrogen-bond acceptors (Lipinski definition) is 4. The molecule has 5 heteroatoms. The summed E-state index contributed by atoms with van der Waals surface area (Å²) in [6, 6.07) is 3.31. The molecule has 1 aromatic heterocycles. The van der Waals surface area contributed by atoms with E-state index in [2.05, 4.69) is 10.2 Å². The number of H-pyrrole nitrogens is 1. The zero-order chi connectivity index (χ0) is 10.7. The van der Waals surface area contributed by atoms with Crippen molar-refractivity contribution in [2.75, 3.05) is 13.2 Å². The second kappa shape index (κ2) is 4.24. The van der Waals surface area contributed by atoms with Gasteiger partial charge in [0.1, 0.15) is 6.07 Å². The maximum absolute atomic E-state index is 11.0.